The van der Waals surface area contributed by atoms with Crippen LogP contribution in [0.1, 0.15) is 25.0 Å². The number of hydrogen-bond donors (Lipinski definition) is 1. The summed E-state index contributed by atoms with van der Waals surface area (Å²) in [5.74, 6) is 1.76. The Hall–Kier alpha value is -0.960. The number of nitrogens with zero attached hydrogens (tertiary/aromatic N) is 2. The Bertz CT molecular complexity index is 312. The second kappa shape index (κ2) is 2.29. The Morgan fingerprint density at radius 2 is 2.08 bits per heavy atom. The summed E-state index contributed by atoms with van der Waals surface area (Å²) in [5.41, 5.74) is 7.11. The highest BCUT2D eigenvalue weighted by atomic mass is 14.9. The zero-order valence-electron chi connectivity index (χ0n) is 7.48. The van der Waals surface area contributed by atoms with Gasteiger partial charge in [-0.3, -0.25) is 9.97 Å². The molecular formula is C10H13N3. The number of nitrogens with two attached hydrogens (primary N) is 1. The second-order valence-corrected chi connectivity index (χ2v) is 4.41. The normalized spacial score (nSPS) is 41.6. The van der Waals surface area contributed by atoms with Crippen molar-refractivity contribution >= 4 is 0 Å². The predicted octanol–water partition coefficient (Wildman–Crippen LogP) is 1.06. The minimum atomic E-state index is -0.165. The van der Waals surface area contributed by atoms with E-state index in [1.807, 2.05) is 6.20 Å². The SMILES string of the molecule is NC1(c2cnccn2)CC2CC2C1. The molecule has 0 saturated heterocycles. The summed E-state index contributed by atoms with van der Waals surface area (Å²) in [7, 11) is 0. The Morgan fingerprint density at radius 3 is 2.69 bits per heavy atom. The highest BCUT2D eigenvalue weighted by Gasteiger charge is 2.53. The molecule has 2 aliphatic carbocycles. The summed E-state index contributed by atoms with van der Waals surface area (Å²) < 4.78 is 0. The zero-order chi connectivity index (χ0) is 8.89. The van der Waals surface area contributed by atoms with E-state index >= 15 is 0 Å². The summed E-state index contributed by atoms with van der Waals surface area (Å²) in [4.78, 5) is 8.37. The summed E-state index contributed by atoms with van der Waals surface area (Å²) in [5, 5.41) is 0. The molecule has 2 fully saturated rings. The first kappa shape index (κ1) is 7.44. The molecule has 2 unspecified atom stereocenters. The zero-order valence-corrected chi connectivity index (χ0v) is 7.48. The van der Waals surface area contributed by atoms with Gasteiger partial charge in [-0.25, -0.2) is 0 Å². The van der Waals surface area contributed by atoms with E-state index in [0.717, 1.165) is 30.4 Å². The average Bonchev–Trinajstić information content (AvgIpc) is 2.77. The first-order valence-electron chi connectivity index (χ1n) is 4.83. The van der Waals surface area contributed by atoms with E-state index < -0.39 is 0 Å². The van der Waals surface area contributed by atoms with Crippen molar-refractivity contribution in [3.05, 3.63) is 24.3 Å². The first-order valence-corrected chi connectivity index (χ1v) is 4.83. The van der Waals surface area contributed by atoms with Crippen molar-refractivity contribution in [2.24, 2.45) is 17.6 Å². The van der Waals surface area contributed by atoms with Crippen LogP contribution in [0.25, 0.3) is 0 Å². The molecule has 3 nitrogen and oxygen atoms in total. The lowest BCUT2D eigenvalue weighted by Crippen LogP contribution is -2.35. The molecule has 0 spiro atoms. The summed E-state index contributed by atoms with van der Waals surface area (Å²) in [6.07, 6.45) is 8.84. The quantitative estimate of drug-likeness (QED) is 0.694. The largest absolute Gasteiger partial charge is 0.320 e. The molecule has 2 atom stereocenters. The molecular weight excluding hydrogens is 162 g/mol. The Balaban J connectivity index is 1.92. The standard InChI is InChI=1S/C10H13N3/c11-10(4-7-3-8(7)5-10)9-6-12-1-2-13-9/h1-2,6-8H,3-5,11H2. The van der Waals surface area contributed by atoms with Gasteiger partial charge in [0.25, 0.3) is 0 Å². The molecule has 1 aromatic rings. The van der Waals surface area contributed by atoms with Crippen LogP contribution < -0.4 is 5.73 Å². The number of aromatic nitrogens is 2. The van der Waals surface area contributed by atoms with Gasteiger partial charge in [-0.05, 0) is 31.1 Å². The monoisotopic (exact) mass is 175 g/mol. The number of hydrogen-bond acceptors (Lipinski definition) is 3. The third-order valence-corrected chi connectivity index (χ3v) is 3.40. The maximum atomic E-state index is 6.30. The van der Waals surface area contributed by atoms with Gasteiger partial charge in [0.2, 0.25) is 0 Å². The molecule has 0 radical (unpaired) electrons. The van der Waals surface area contributed by atoms with Crippen LogP contribution in [0.5, 0.6) is 0 Å². The minimum absolute atomic E-state index is 0.165. The number of fused-ring (bicyclic) bond motifs is 1. The molecule has 3 heteroatoms. The van der Waals surface area contributed by atoms with Crippen LogP contribution in [-0.4, -0.2) is 9.97 Å². The lowest BCUT2D eigenvalue weighted by molar-refractivity contribution is 0.398. The van der Waals surface area contributed by atoms with Gasteiger partial charge in [0.15, 0.2) is 0 Å². The van der Waals surface area contributed by atoms with Gasteiger partial charge in [-0.1, -0.05) is 0 Å². The van der Waals surface area contributed by atoms with Crippen LogP contribution in [0.15, 0.2) is 18.6 Å². The smallest absolute Gasteiger partial charge is 0.0785 e. The fraction of sp³-hybridized carbons (Fsp3) is 0.600. The lowest BCUT2D eigenvalue weighted by Gasteiger charge is -2.24. The predicted molar refractivity (Wildman–Crippen MR) is 48.7 cm³/mol. The first-order chi connectivity index (χ1) is 6.28. The molecule has 2 saturated carbocycles. The molecule has 68 valence electrons. The van der Waals surface area contributed by atoms with E-state index in [9.17, 15) is 0 Å². The van der Waals surface area contributed by atoms with E-state index in [2.05, 4.69) is 9.97 Å². The van der Waals surface area contributed by atoms with Gasteiger partial charge in [0, 0.05) is 12.4 Å². The van der Waals surface area contributed by atoms with Gasteiger partial charge >= 0.3 is 0 Å². The summed E-state index contributed by atoms with van der Waals surface area (Å²) >= 11 is 0. The second-order valence-electron chi connectivity index (χ2n) is 4.41. The molecule has 2 N–H and O–H groups in total. The van der Waals surface area contributed by atoms with Gasteiger partial charge in [0.05, 0.1) is 17.4 Å². The maximum absolute atomic E-state index is 6.30. The van der Waals surface area contributed by atoms with Gasteiger partial charge in [0.1, 0.15) is 0 Å². The van der Waals surface area contributed by atoms with Crippen molar-refractivity contribution in [1.82, 2.24) is 9.97 Å². The molecule has 0 aliphatic heterocycles. The third kappa shape index (κ3) is 1.07. The fourth-order valence-corrected chi connectivity index (χ4v) is 2.59. The van der Waals surface area contributed by atoms with Crippen molar-refractivity contribution in [3.63, 3.8) is 0 Å². The van der Waals surface area contributed by atoms with Gasteiger partial charge in [-0.2, -0.15) is 0 Å². The highest BCUT2D eigenvalue weighted by molar-refractivity contribution is 5.18. The molecule has 0 bridgehead atoms. The molecule has 3 rings (SSSR count). The fourth-order valence-electron chi connectivity index (χ4n) is 2.59. The van der Waals surface area contributed by atoms with Gasteiger partial charge in [-0.15, -0.1) is 0 Å². The van der Waals surface area contributed by atoms with Crippen LogP contribution in [-0.2, 0) is 5.54 Å². The van der Waals surface area contributed by atoms with E-state index in [1.165, 1.54) is 6.42 Å². The van der Waals surface area contributed by atoms with E-state index in [4.69, 9.17) is 5.73 Å². The molecule has 13 heavy (non-hydrogen) atoms. The average molecular weight is 175 g/mol. The van der Waals surface area contributed by atoms with Crippen LogP contribution in [0.2, 0.25) is 0 Å². The molecule has 1 heterocycles. The molecule has 2 aliphatic rings. The van der Waals surface area contributed by atoms with Crippen molar-refractivity contribution in [2.75, 3.05) is 0 Å². The molecule has 0 amide bonds. The number of rotatable bonds is 1. The van der Waals surface area contributed by atoms with Crippen molar-refractivity contribution in [3.8, 4) is 0 Å². The Kier molecular flexibility index (Phi) is 1.31. The summed E-state index contributed by atoms with van der Waals surface area (Å²) in [6.45, 7) is 0. The van der Waals surface area contributed by atoms with E-state index in [0.29, 0.717) is 0 Å². The van der Waals surface area contributed by atoms with E-state index in [-0.39, 0.29) is 5.54 Å². The van der Waals surface area contributed by atoms with Crippen molar-refractivity contribution < 1.29 is 0 Å². The Morgan fingerprint density at radius 1 is 1.31 bits per heavy atom. The maximum Gasteiger partial charge on any atom is 0.0785 e. The van der Waals surface area contributed by atoms with Crippen molar-refractivity contribution in [1.29, 1.82) is 0 Å². The van der Waals surface area contributed by atoms with Crippen LogP contribution in [0, 0.1) is 11.8 Å². The highest BCUT2D eigenvalue weighted by Crippen LogP contribution is 2.57. The topological polar surface area (TPSA) is 51.8 Å². The minimum Gasteiger partial charge on any atom is -0.320 e. The van der Waals surface area contributed by atoms with Gasteiger partial charge < -0.3 is 5.73 Å². The van der Waals surface area contributed by atoms with Crippen LogP contribution in [0.3, 0.4) is 0 Å². The molecule has 0 aromatic carbocycles. The van der Waals surface area contributed by atoms with E-state index in [1.54, 1.807) is 12.4 Å². The van der Waals surface area contributed by atoms with Crippen molar-refractivity contribution in [2.45, 2.75) is 24.8 Å². The molecule has 1 aromatic heterocycles. The Labute approximate surface area is 77.4 Å². The van der Waals surface area contributed by atoms with Crippen LogP contribution in [0.4, 0.5) is 0 Å². The van der Waals surface area contributed by atoms with Crippen LogP contribution >= 0.6 is 0 Å². The lowest BCUT2D eigenvalue weighted by atomic mass is 9.91. The summed E-state index contributed by atoms with van der Waals surface area (Å²) in [6, 6.07) is 0. The third-order valence-electron chi connectivity index (χ3n) is 3.40.